The molecular weight excluding hydrogens is 382 g/mol. The highest BCUT2D eigenvalue weighted by Gasteiger charge is 2.51. The van der Waals surface area contributed by atoms with Crippen LogP contribution in [0.4, 0.5) is 4.79 Å². The van der Waals surface area contributed by atoms with Crippen molar-refractivity contribution in [2.45, 2.75) is 76.2 Å². The number of likely N-dealkylation sites (tertiary alicyclic amines) is 1. The van der Waals surface area contributed by atoms with Crippen molar-refractivity contribution in [1.29, 1.82) is 0 Å². The molecule has 1 aromatic heterocycles. The molecule has 1 saturated heterocycles. The van der Waals surface area contributed by atoms with Crippen LogP contribution in [0, 0.1) is 24.7 Å². The zero-order chi connectivity index (χ0) is 20.7. The number of carbonyl (C=O) groups excluding carboxylic acids is 2. The summed E-state index contributed by atoms with van der Waals surface area (Å²) < 4.78 is 5.30. The molecule has 1 atom stereocenters. The number of rotatable bonds is 5. The highest BCUT2D eigenvalue weighted by molar-refractivity contribution is 5.78. The van der Waals surface area contributed by atoms with Gasteiger partial charge in [0, 0.05) is 31.6 Å². The van der Waals surface area contributed by atoms with Gasteiger partial charge in [0.25, 0.3) is 0 Å². The molecule has 5 fully saturated rings. The summed E-state index contributed by atoms with van der Waals surface area (Å²) >= 11 is 0. The molecule has 4 bridgehead atoms. The normalized spacial score (nSPS) is 34.8. The fourth-order valence-corrected chi connectivity index (χ4v) is 6.87. The smallest absolute Gasteiger partial charge is 0.315 e. The number of aromatic nitrogens is 2. The minimum atomic E-state index is -0.109. The van der Waals surface area contributed by atoms with Gasteiger partial charge in [-0.2, -0.15) is 4.98 Å². The third kappa shape index (κ3) is 4.05. The van der Waals surface area contributed by atoms with Gasteiger partial charge in [-0.25, -0.2) is 4.79 Å². The summed E-state index contributed by atoms with van der Waals surface area (Å²) in [5.74, 6) is 3.83. The summed E-state index contributed by atoms with van der Waals surface area (Å²) in [7, 11) is 0. The second kappa shape index (κ2) is 7.85. The number of hydrogen-bond donors (Lipinski definition) is 2. The Morgan fingerprint density at radius 3 is 2.50 bits per heavy atom. The Bertz CT molecular complexity index is 771. The van der Waals surface area contributed by atoms with Crippen molar-refractivity contribution in [1.82, 2.24) is 25.7 Å². The number of hydrogen-bond acceptors (Lipinski definition) is 5. The number of urea groups is 1. The fraction of sp³-hybridized carbons (Fsp3) is 0.818. The topological polar surface area (TPSA) is 100 Å². The van der Waals surface area contributed by atoms with Gasteiger partial charge in [0.1, 0.15) is 0 Å². The number of nitrogens with zero attached hydrogens (tertiary/aromatic N) is 3. The lowest BCUT2D eigenvalue weighted by atomic mass is 9.53. The van der Waals surface area contributed by atoms with Crippen LogP contribution >= 0.6 is 0 Å². The number of amides is 3. The van der Waals surface area contributed by atoms with Gasteiger partial charge in [-0.05, 0) is 76.0 Å². The Morgan fingerprint density at radius 1 is 1.17 bits per heavy atom. The lowest BCUT2D eigenvalue weighted by Crippen LogP contribution is -2.61. The summed E-state index contributed by atoms with van der Waals surface area (Å²) in [5, 5.41) is 10.1. The van der Waals surface area contributed by atoms with Crippen LogP contribution in [0.2, 0.25) is 0 Å². The number of aryl methyl sites for hydroxylation is 1. The van der Waals surface area contributed by atoms with Gasteiger partial charge < -0.3 is 20.1 Å². The molecule has 1 unspecified atom stereocenters. The summed E-state index contributed by atoms with van der Waals surface area (Å²) in [6, 6.07) is -0.109. The quantitative estimate of drug-likeness (QED) is 0.770. The van der Waals surface area contributed by atoms with E-state index in [1.807, 2.05) is 4.90 Å². The highest BCUT2D eigenvalue weighted by atomic mass is 16.5. The van der Waals surface area contributed by atoms with E-state index in [2.05, 4.69) is 20.8 Å². The molecule has 3 amide bonds. The number of carbonyl (C=O) groups is 2. The molecule has 4 aliphatic carbocycles. The highest BCUT2D eigenvalue weighted by Crippen LogP contribution is 2.55. The first-order valence-corrected chi connectivity index (χ1v) is 11.6. The lowest BCUT2D eigenvalue weighted by Gasteiger charge is -2.56. The average Bonchev–Trinajstić information content (AvgIpc) is 3.13. The zero-order valence-electron chi connectivity index (χ0n) is 17.9. The van der Waals surface area contributed by atoms with Crippen molar-refractivity contribution < 1.29 is 14.1 Å². The van der Waals surface area contributed by atoms with E-state index < -0.39 is 0 Å². The summed E-state index contributed by atoms with van der Waals surface area (Å²) in [5.41, 5.74) is 0.00510. The Labute approximate surface area is 177 Å². The van der Waals surface area contributed by atoms with E-state index in [-0.39, 0.29) is 23.4 Å². The van der Waals surface area contributed by atoms with Crippen molar-refractivity contribution in [3.05, 3.63) is 11.7 Å². The van der Waals surface area contributed by atoms with Crippen LogP contribution in [0.3, 0.4) is 0 Å². The van der Waals surface area contributed by atoms with Gasteiger partial charge in [-0.1, -0.05) is 5.16 Å². The van der Waals surface area contributed by atoms with Crippen LogP contribution in [0.1, 0.15) is 75.4 Å². The van der Waals surface area contributed by atoms with Crippen molar-refractivity contribution in [2.24, 2.45) is 17.8 Å². The predicted octanol–water partition coefficient (Wildman–Crippen LogP) is 2.74. The van der Waals surface area contributed by atoms with Crippen molar-refractivity contribution in [3.63, 3.8) is 0 Å². The molecule has 0 radical (unpaired) electrons. The maximum Gasteiger partial charge on any atom is 0.315 e. The molecule has 1 aromatic rings. The Kier molecular flexibility index (Phi) is 5.19. The van der Waals surface area contributed by atoms with E-state index in [1.165, 1.54) is 19.3 Å². The first-order chi connectivity index (χ1) is 14.5. The Morgan fingerprint density at radius 2 is 1.87 bits per heavy atom. The Balaban J connectivity index is 1.07. The van der Waals surface area contributed by atoms with Gasteiger partial charge >= 0.3 is 6.03 Å². The van der Waals surface area contributed by atoms with Gasteiger partial charge in [-0.15, -0.1) is 0 Å². The lowest BCUT2D eigenvalue weighted by molar-refractivity contribution is -0.132. The molecule has 6 rings (SSSR count). The van der Waals surface area contributed by atoms with Crippen molar-refractivity contribution in [2.75, 3.05) is 19.6 Å². The van der Waals surface area contributed by atoms with E-state index in [0.29, 0.717) is 31.2 Å². The molecule has 30 heavy (non-hydrogen) atoms. The van der Waals surface area contributed by atoms with Crippen LogP contribution in [0.5, 0.6) is 0 Å². The predicted molar refractivity (Wildman–Crippen MR) is 110 cm³/mol. The maximum atomic E-state index is 12.7. The van der Waals surface area contributed by atoms with Crippen LogP contribution in [-0.2, 0) is 4.79 Å². The minimum Gasteiger partial charge on any atom is -0.342 e. The molecule has 2 N–H and O–H groups in total. The molecular formula is C22H33N5O3. The minimum absolute atomic E-state index is 0.00510. The largest absolute Gasteiger partial charge is 0.342 e. The summed E-state index contributed by atoms with van der Waals surface area (Å²) in [4.78, 5) is 31.4. The third-order valence-electron chi connectivity index (χ3n) is 7.71. The maximum absolute atomic E-state index is 12.7. The molecule has 2 heterocycles. The zero-order valence-corrected chi connectivity index (χ0v) is 17.9. The second-order valence-corrected chi connectivity index (χ2v) is 10.2. The van der Waals surface area contributed by atoms with Crippen LogP contribution in [0.15, 0.2) is 4.52 Å². The van der Waals surface area contributed by atoms with Gasteiger partial charge in [0.2, 0.25) is 11.8 Å². The molecule has 8 nitrogen and oxygen atoms in total. The molecule has 5 aliphatic rings. The molecule has 164 valence electrons. The van der Waals surface area contributed by atoms with E-state index >= 15 is 0 Å². The van der Waals surface area contributed by atoms with Gasteiger partial charge in [-0.3, -0.25) is 4.79 Å². The third-order valence-corrected chi connectivity index (χ3v) is 7.71. The molecule has 1 aliphatic heterocycles. The summed E-state index contributed by atoms with van der Waals surface area (Å²) in [6.07, 6.45) is 9.69. The first kappa shape index (κ1) is 19.8. The SMILES string of the molecule is Cc1noc(C2CCCN(C(=O)CCNC(=O)NC34CC5CC(CC(C5)C3)C4)C2)n1. The molecule has 8 heteroatoms. The second-order valence-electron chi connectivity index (χ2n) is 10.2. The van der Waals surface area contributed by atoms with E-state index in [9.17, 15) is 9.59 Å². The van der Waals surface area contributed by atoms with Crippen LogP contribution in [-0.4, -0.2) is 52.2 Å². The molecule has 0 spiro atoms. The van der Waals surface area contributed by atoms with Crippen molar-refractivity contribution >= 4 is 11.9 Å². The van der Waals surface area contributed by atoms with Gasteiger partial charge in [0.15, 0.2) is 5.82 Å². The number of nitrogens with one attached hydrogen (secondary N) is 2. The van der Waals surface area contributed by atoms with Gasteiger partial charge in [0.05, 0.1) is 5.92 Å². The molecule has 4 saturated carbocycles. The molecule has 0 aromatic carbocycles. The van der Waals surface area contributed by atoms with E-state index in [4.69, 9.17) is 4.52 Å². The monoisotopic (exact) mass is 415 g/mol. The average molecular weight is 416 g/mol. The first-order valence-electron chi connectivity index (χ1n) is 11.6. The summed E-state index contributed by atoms with van der Waals surface area (Å²) in [6.45, 7) is 3.54. The van der Waals surface area contributed by atoms with Crippen LogP contribution in [0.25, 0.3) is 0 Å². The van der Waals surface area contributed by atoms with E-state index in [1.54, 1.807) is 6.92 Å². The Hall–Kier alpha value is -2.12. The standard InChI is InChI=1S/C22H33N5O3/c1-14-24-20(30-26-14)18-3-2-6-27(13-18)19(28)4-5-23-21(29)25-22-10-15-7-16(11-22)9-17(8-15)12-22/h15-18H,2-13H2,1H3,(H2,23,25,29). The fourth-order valence-electron chi connectivity index (χ4n) is 6.87. The van der Waals surface area contributed by atoms with Crippen LogP contribution < -0.4 is 10.6 Å². The van der Waals surface area contributed by atoms with Crippen molar-refractivity contribution in [3.8, 4) is 0 Å². The van der Waals surface area contributed by atoms with E-state index in [0.717, 1.165) is 56.4 Å². The number of piperidine rings is 1.